The molecule has 5 rings (SSSR count). The predicted molar refractivity (Wildman–Crippen MR) is 120 cm³/mol. The fourth-order valence-electron chi connectivity index (χ4n) is 4.29. The van der Waals surface area contributed by atoms with Crippen molar-refractivity contribution in [1.82, 2.24) is 20.2 Å². The van der Waals surface area contributed by atoms with Crippen LogP contribution in [0.1, 0.15) is 19.3 Å². The van der Waals surface area contributed by atoms with E-state index in [4.69, 9.17) is 5.10 Å². The third-order valence-corrected chi connectivity index (χ3v) is 5.94. The van der Waals surface area contributed by atoms with Crippen molar-refractivity contribution in [3.05, 3.63) is 54.9 Å². The summed E-state index contributed by atoms with van der Waals surface area (Å²) in [7, 11) is 0. The quantitative estimate of drug-likeness (QED) is 0.665. The number of piperazine rings is 1. The van der Waals surface area contributed by atoms with E-state index in [9.17, 15) is 0 Å². The Labute approximate surface area is 177 Å². The number of anilines is 3. The highest BCUT2D eigenvalue weighted by atomic mass is 15.4. The lowest BCUT2D eigenvalue weighted by Gasteiger charge is -2.38. The zero-order chi connectivity index (χ0) is 20.2. The van der Waals surface area contributed by atoms with Gasteiger partial charge in [0.15, 0.2) is 5.82 Å². The van der Waals surface area contributed by atoms with Crippen LogP contribution < -0.4 is 14.7 Å². The summed E-state index contributed by atoms with van der Waals surface area (Å²) in [6, 6.07) is 14.4. The summed E-state index contributed by atoms with van der Waals surface area (Å²) in [6.45, 7) is 5.71. The summed E-state index contributed by atoms with van der Waals surface area (Å²) < 4.78 is 0. The van der Waals surface area contributed by atoms with Gasteiger partial charge in [-0.25, -0.2) is 9.97 Å². The normalized spacial score (nSPS) is 17.3. The van der Waals surface area contributed by atoms with E-state index >= 15 is 0 Å². The van der Waals surface area contributed by atoms with Gasteiger partial charge < -0.3 is 14.7 Å². The van der Waals surface area contributed by atoms with E-state index in [2.05, 4.69) is 60.1 Å². The topological polar surface area (TPSA) is 61.3 Å². The van der Waals surface area contributed by atoms with Crippen LogP contribution in [0.4, 0.5) is 17.5 Å². The predicted octanol–water partition coefficient (Wildman–Crippen LogP) is 3.25. The Morgan fingerprint density at radius 2 is 1.33 bits per heavy atom. The minimum atomic E-state index is 0.805. The second-order valence-corrected chi connectivity index (χ2v) is 7.88. The number of benzene rings is 1. The van der Waals surface area contributed by atoms with Crippen LogP contribution in [0.3, 0.4) is 0 Å². The van der Waals surface area contributed by atoms with Crippen LogP contribution in [0.15, 0.2) is 54.9 Å². The summed E-state index contributed by atoms with van der Waals surface area (Å²) in [4.78, 5) is 15.9. The third-order valence-electron chi connectivity index (χ3n) is 5.94. The molecule has 0 radical (unpaired) electrons. The van der Waals surface area contributed by atoms with Gasteiger partial charge in [0.1, 0.15) is 0 Å². The van der Waals surface area contributed by atoms with Crippen molar-refractivity contribution < 1.29 is 0 Å². The largest absolute Gasteiger partial charge is 0.368 e. The zero-order valence-corrected chi connectivity index (χ0v) is 17.2. The molecule has 154 valence electrons. The molecule has 30 heavy (non-hydrogen) atoms. The summed E-state index contributed by atoms with van der Waals surface area (Å²) in [5.74, 6) is 1.81. The number of hydrogen-bond acceptors (Lipinski definition) is 7. The van der Waals surface area contributed by atoms with Crippen LogP contribution in [0.25, 0.3) is 11.3 Å². The molecule has 7 nitrogen and oxygen atoms in total. The molecular weight excluding hydrogens is 374 g/mol. The second kappa shape index (κ2) is 8.65. The molecule has 2 aliphatic rings. The Kier molecular flexibility index (Phi) is 5.42. The minimum Gasteiger partial charge on any atom is -0.368 e. The first kappa shape index (κ1) is 18.8. The van der Waals surface area contributed by atoms with Crippen molar-refractivity contribution in [2.24, 2.45) is 0 Å². The van der Waals surface area contributed by atoms with Crippen molar-refractivity contribution in [2.45, 2.75) is 19.3 Å². The molecule has 2 saturated heterocycles. The Bertz CT molecular complexity index is 950. The van der Waals surface area contributed by atoms with Crippen molar-refractivity contribution >= 4 is 17.5 Å². The van der Waals surface area contributed by atoms with Crippen LogP contribution in [-0.2, 0) is 0 Å². The number of hydrogen-bond donors (Lipinski definition) is 0. The van der Waals surface area contributed by atoms with Gasteiger partial charge in [-0.05, 0) is 31.4 Å². The molecule has 7 heteroatoms. The fraction of sp³-hybridized carbons (Fsp3) is 0.391. The molecule has 0 saturated carbocycles. The standard InChI is InChI=1S/C23H27N7/c1-3-8-19(9-4-1)20-18-21(28-12-5-2-6-13-28)22(27-26-20)29-14-16-30(17-15-29)23-24-10-7-11-25-23/h1,3-4,7-11,18H,2,5-6,12-17H2. The van der Waals surface area contributed by atoms with E-state index in [1.54, 1.807) is 12.4 Å². The second-order valence-electron chi connectivity index (χ2n) is 7.88. The fourth-order valence-corrected chi connectivity index (χ4v) is 4.29. The van der Waals surface area contributed by atoms with Gasteiger partial charge in [0.25, 0.3) is 0 Å². The highest BCUT2D eigenvalue weighted by Gasteiger charge is 2.25. The van der Waals surface area contributed by atoms with Gasteiger partial charge in [0.05, 0.1) is 11.4 Å². The van der Waals surface area contributed by atoms with Crippen LogP contribution in [0.5, 0.6) is 0 Å². The molecule has 1 aromatic carbocycles. The minimum absolute atomic E-state index is 0.805. The zero-order valence-electron chi connectivity index (χ0n) is 17.2. The molecule has 2 fully saturated rings. The summed E-state index contributed by atoms with van der Waals surface area (Å²) in [5.41, 5.74) is 3.27. The van der Waals surface area contributed by atoms with Gasteiger partial charge in [0.2, 0.25) is 5.95 Å². The van der Waals surface area contributed by atoms with Crippen LogP contribution >= 0.6 is 0 Å². The Balaban J connectivity index is 1.41. The molecule has 3 aromatic rings. The first-order valence-electron chi connectivity index (χ1n) is 10.8. The van der Waals surface area contributed by atoms with E-state index in [-0.39, 0.29) is 0 Å². The van der Waals surface area contributed by atoms with Crippen LogP contribution in [-0.4, -0.2) is 59.4 Å². The lowest BCUT2D eigenvalue weighted by atomic mass is 10.1. The van der Waals surface area contributed by atoms with E-state index in [0.29, 0.717) is 0 Å². The Hall–Kier alpha value is -3.22. The van der Waals surface area contributed by atoms with Crippen molar-refractivity contribution in [2.75, 3.05) is 54.0 Å². The van der Waals surface area contributed by atoms with Gasteiger partial charge in [-0.1, -0.05) is 30.3 Å². The molecule has 0 atom stereocenters. The molecule has 4 heterocycles. The maximum absolute atomic E-state index is 4.74. The van der Waals surface area contributed by atoms with E-state index in [0.717, 1.165) is 62.3 Å². The molecule has 0 N–H and O–H groups in total. The average molecular weight is 402 g/mol. The van der Waals surface area contributed by atoms with Crippen LogP contribution in [0.2, 0.25) is 0 Å². The van der Waals surface area contributed by atoms with Gasteiger partial charge in [0, 0.05) is 57.2 Å². The highest BCUT2D eigenvalue weighted by Crippen LogP contribution is 2.33. The third kappa shape index (κ3) is 3.92. The molecule has 2 aliphatic heterocycles. The van der Waals surface area contributed by atoms with E-state index in [1.807, 2.05) is 12.1 Å². The van der Waals surface area contributed by atoms with Crippen molar-refractivity contribution in [3.63, 3.8) is 0 Å². The molecule has 0 aliphatic carbocycles. The summed E-state index contributed by atoms with van der Waals surface area (Å²) in [5, 5.41) is 9.34. The maximum atomic E-state index is 4.74. The first-order chi connectivity index (χ1) is 14.9. The molecule has 0 amide bonds. The molecule has 0 unspecified atom stereocenters. The van der Waals surface area contributed by atoms with Gasteiger partial charge in [-0.2, -0.15) is 0 Å². The lowest BCUT2D eigenvalue weighted by molar-refractivity contribution is 0.573. The molecule has 0 spiro atoms. The van der Waals surface area contributed by atoms with Gasteiger partial charge in [-0.3, -0.25) is 0 Å². The highest BCUT2D eigenvalue weighted by molar-refractivity contribution is 5.73. The molecular formula is C23H27N7. The Morgan fingerprint density at radius 3 is 2.07 bits per heavy atom. The van der Waals surface area contributed by atoms with Gasteiger partial charge >= 0.3 is 0 Å². The smallest absolute Gasteiger partial charge is 0.225 e. The average Bonchev–Trinajstić information content (AvgIpc) is 2.85. The number of aromatic nitrogens is 4. The van der Waals surface area contributed by atoms with Crippen molar-refractivity contribution in [1.29, 1.82) is 0 Å². The lowest BCUT2D eigenvalue weighted by Crippen LogP contribution is -2.48. The monoisotopic (exact) mass is 401 g/mol. The SMILES string of the molecule is c1ccc(-c2cc(N3CCCCC3)c(N3CCN(c4ncccn4)CC3)nn2)cc1. The molecule has 2 aromatic heterocycles. The van der Waals surface area contributed by atoms with E-state index < -0.39 is 0 Å². The number of nitrogens with zero attached hydrogens (tertiary/aromatic N) is 7. The van der Waals surface area contributed by atoms with Crippen LogP contribution in [0, 0.1) is 0 Å². The van der Waals surface area contributed by atoms with Gasteiger partial charge in [-0.15, -0.1) is 10.2 Å². The summed E-state index contributed by atoms with van der Waals surface area (Å²) in [6.07, 6.45) is 7.39. The summed E-state index contributed by atoms with van der Waals surface area (Å²) >= 11 is 0. The van der Waals surface area contributed by atoms with E-state index in [1.165, 1.54) is 24.9 Å². The van der Waals surface area contributed by atoms with Crippen molar-refractivity contribution in [3.8, 4) is 11.3 Å². The molecule has 0 bridgehead atoms. The number of piperidine rings is 1. The Morgan fingerprint density at radius 1 is 0.633 bits per heavy atom. The maximum Gasteiger partial charge on any atom is 0.225 e. The first-order valence-corrected chi connectivity index (χ1v) is 10.8. The number of rotatable bonds is 4.